The topological polar surface area (TPSA) is 61.9 Å². The van der Waals surface area contributed by atoms with Crippen LogP contribution in [0.25, 0.3) is 0 Å². The van der Waals surface area contributed by atoms with Crippen LogP contribution in [0.4, 0.5) is 0 Å². The maximum absolute atomic E-state index is 12.0. The Morgan fingerprint density at radius 2 is 2.44 bits per heavy atom. The highest BCUT2D eigenvalue weighted by Crippen LogP contribution is 2.17. The highest BCUT2D eigenvalue weighted by atomic mass is 32.1. The number of nitrogens with one attached hydrogen (secondary N) is 1. The number of nitrogens with zero attached hydrogens (tertiary/aromatic N) is 3. The highest BCUT2D eigenvalue weighted by molar-refractivity contribution is 7.12. The standard InChI is InChI=1S/C10H12N4OS/c1-7-3-4-16-9(7)10(15)14(2)5-8-11-6-12-13-8/h3-4,6H,5H2,1-2H3,(H,11,12,13). The van der Waals surface area contributed by atoms with Crippen molar-refractivity contribution in [3.8, 4) is 0 Å². The minimum Gasteiger partial charge on any atom is -0.333 e. The fourth-order valence-electron chi connectivity index (χ4n) is 1.37. The molecule has 0 aliphatic heterocycles. The summed E-state index contributed by atoms with van der Waals surface area (Å²) in [6.45, 7) is 2.38. The summed E-state index contributed by atoms with van der Waals surface area (Å²) in [6.07, 6.45) is 1.43. The van der Waals surface area contributed by atoms with E-state index in [-0.39, 0.29) is 5.91 Å². The molecule has 2 rings (SSSR count). The number of aryl methyl sites for hydroxylation is 1. The molecule has 0 bridgehead atoms. The summed E-state index contributed by atoms with van der Waals surface area (Å²) in [7, 11) is 1.75. The van der Waals surface area contributed by atoms with Crippen molar-refractivity contribution in [3.63, 3.8) is 0 Å². The predicted octanol–water partition coefficient (Wildman–Crippen LogP) is 1.45. The number of aromatic amines is 1. The molecule has 5 nitrogen and oxygen atoms in total. The van der Waals surface area contributed by atoms with Gasteiger partial charge in [-0.1, -0.05) is 0 Å². The average Bonchev–Trinajstić information content (AvgIpc) is 2.88. The van der Waals surface area contributed by atoms with E-state index in [0.717, 1.165) is 10.4 Å². The molecule has 0 aliphatic carbocycles. The van der Waals surface area contributed by atoms with Crippen molar-refractivity contribution in [2.75, 3.05) is 7.05 Å². The molecule has 84 valence electrons. The van der Waals surface area contributed by atoms with Gasteiger partial charge in [-0.15, -0.1) is 11.3 Å². The zero-order valence-corrected chi connectivity index (χ0v) is 9.91. The van der Waals surface area contributed by atoms with Gasteiger partial charge in [0.15, 0.2) is 0 Å². The van der Waals surface area contributed by atoms with Gasteiger partial charge in [0.2, 0.25) is 0 Å². The first-order valence-electron chi connectivity index (χ1n) is 4.82. The van der Waals surface area contributed by atoms with E-state index in [1.807, 2.05) is 18.4 Å². The smallest absolute Gasteiger partial charge is 0.264 e. The molecule has 0 unspecified atom stereocenters. The fraction of sp³-hybridized carbons (Fsp3) is 0.300. The van der Waals surface area contributed by atoms with Gasteiger partial charge in [0, 0.05) is 7.05 Å². The quantitative estimate of drug-likeness (QED) is 0.877. The van der Waals surface area contributed by atoms with Crippen molar-refractivity contribution in [2.24, 2.45) is 0 Å². The summed E-state index contributed by atoms with van der Waals surface area (Å²) in [5.74, 6) is 0.703. The molecule has 0 spiro atoms. The second-order valence-electron chi connectivity index (χ2n) is 3.53. The maximum Gasteiger partial charge on any atom is 0.264 e. The van der Waals surface area contributed by atoms with Gasteiger partial charge in [0.1, 0.15) is 12.2 Å². The van der Waals surface area contributed by atoms with E-state index in [1.54, 1.807) is 11.9 Å². The van der Waals surface area contributed by atoms with Crippen molar-refractivity contribution in [1.29, 1.82) is 0 Å². The van der Waals surface area contributed by atoms with Gasteiger partial charge in [0.25, 0.3) is 5.91 Å². The Morgan fingerprint density at radius 1 is 1.62 bits per heavy atom. The van der Waals surface area contributed by atoms with Gasteiger partial charge in [-0.2, -0.15) is 5.10 Å². The van der Waals surface area contributed by atoms with Gasteiger partial charge in [-0.25, -0.2) is 4.98 Å². The van der Waals surface area contributed by atoms with Crippen LogP contribution in [0.2, 0.25) is 0 Å². The number of amides is 1. The van der Waals surface area contributed by atoms with Crippen molar-refractivity contribution in [3.05, 3.63) is 34.0 Å². The SMILES string of the molecule is Cc1ccsc1C(=O)N(C)Cc1ncn[nH]1. The molecule has 2 heterocycles. The molecule has 0 aliphatic rings. The molecule has 0 radical (unpaired) electrons. The Morgan fingerprint density at radius 3 is 3.00 bits per heavy atom. The monoisotopic (exact) mass is 236 g/mol. The predicted molar refractivity (Wildman–Crippen MR) is 61.2 cm³/mol. The highest BCUT2D eigenvalue weighted by Gasteiger charge is 2.16. The lowest BCUT2D eigenvalue weighted by Crippen LogP contribution is -2.26. The molecule has 0 fully saturated rings. The zero-order valence-electron chi connectivity index (χ0n) is 9.10. The Labute approximate surface area is 97.1 Å². The number of hydrogen-bond donors (Lipinski definition) is 1. The summed E-state index contributed by atoms with van der Waals surface area (Å²) < 4.78 is 0. The van der Waals surface area contributed by atoms with E-state index in [0.29, 0.717) is 12.4 Å². The molecule has 0 saturated heterocycles. The van der Waals surface area contributed by atoms with Crippen LogP contribution in [0.15, 0.2) is 17.8 Å². The van der Waals surface area contributed by atoms with Gasteiger partial charge in [0.05, 0.1) is 11.4 Å². The summed E-state index contributed by atoms with van der Waals surface area (Å²) in [6, 6.07) is 1.94. The first kappa shape index (κ1) is 10.8. The Kier molecular flexibility index (Phi) is 3.00. The lowest BCUT2D eigenvalue weighted by Gasteiger charge is -2.14. The molecule has 1 amide bonds. The van der Waals surface area contributed by atoms with Crippen LogP contribution < -0.4 is 0 Å². The molecule has 0 saturated carbocycles. The molecule has 6 heteroatoms. The number of rotatable bonds is 3. The molecule has 2 aromatic rings. The number of H-pyrrole nitrogens is 1. The second kappa shape index (κ2) is 4.44. The molecule has 0 atom stereocenters. The number of thiophene rings is 1. The van der Waals surface area contributed by atoms with E-state index in [2.05, 4.69) is 15.2 Å². The number of carbonyl (C=O) groups excluding carboxylic acids is 1. The van der Waals surface area contributed by atoms with Crippen molar-refractivity contribution in [2.45, 2.75) is 13.5 Å². The van der Waals surface area contributed by atoms with Gasteiger partial charge in [-0.05, 0) is 23.9 Å². The van der Waals surface area contributed by atoms with Crippen LogP contribution in [0.3, 0.4) is 0 Å². The van der Waals surface area contributed by atoms with Crippen molar-refractivity contribution >= 4 is 17.2 Å². The maximum atomic E-state index is 12.0. The molecule has 1 N–H and O–H groups in total. The third kappa shape index (κ3) is 2.11. The van der Waals surface area contributed by atoms with Crippen LogP contribution in [-0.4, -0.2) is 33.0 Å². The summed E-state index contributed by atoms with van der Waals surface area (Å²) in [5.41, 5.74) is 1.01. The minimum atomic E-state index is 0.0175. The second-order valence-corrected chi connectivity index (χ2v) is 4.44. The normalized spacial score (nSPS) is 10.4. The fourth-order valence-corrected chi connectivity index (χ4v) is 2.29. The Hall–Kier alpha value is -1.69. The van der Waals surface area contributed by atoms with Crippen LogP contribution in [0, 0.1) is 6.92 Å². The summed E-state index contributed by atoms with van der Waals surface area (Å²) >= 11 is 1.46. The third-order valence-corrected chi connectivity index (χ3v) is 3.26. The zero-order chi connectivity index (χ0) is 11.5. The van der Waals surface area contributed by atoms with Crippen LogP contribution >= 0.6 is 11.3 Å². The van der Waals surface area contributed by atoms with Gasteiger partial charge in [-0.3, -0.25) is 9.89 Å². The van der Waals surface area contributed by atoms with Crippen molar-refractivity contribution in [1.82, 2.24) is 20.1 Å². The molecular formula is C10H12N4OS. The number of carbonyl (C=O) groups is 1. The Bertz CT molecular complexity index is 477. The minimum absolute atomic E-state index is 0.0175. The first-order valence-corrected chi connectivity index (χ1v) is 5.70. The van der Waals surface area contributed by atoms with Gasteiger partial charge >= 0.3 is 0 Å². The largest absolute Gasteiger partial charge is 0.333 e. The molecule has 2 aromatic heterocycles. The first-order chi connectivity index (χ1) is 7.68. The van der Waals surface area contributed by atoms with E-state index >= 15 is 0 Å². The van der Waals surface area contributed by atoms with E-state index < -0.39 is 0 Å². The number of hydrogen-bond acceptors (Lipinski definition) is 4. The third-order valence-electron chi connectivity index (χ3n) is 2.25. The van der Waals surface area contributed by atoms with Gasteiger partial charge < -0.3 is 4.90 Å². The Balaban J connectivity index is 2.08. The van der Waals surface area contributed by atoms with E-state index in [4.69, 9.17) is 0 Å². The lowest BCUT2D eigenvalue weighted by atomic mass is 10.2. The summed E-state index contributed by atoms with van der Waals surface area (Å²) in [5, 5.41) is 8.40. The van der Waals surface area contributed by atoms with Crippen molar-refractivity contribution < 1.29 is 4.79 Å². The van der Waals surface area contributed by atoms with Crippen LogP contribution in [-0.2, 0) is 6.54 Å². The lowest BCUT2D eigenvalue weighted by molar-refractivity contribution is 0.0786. The van der Waals surface area contributed by atoms with Crippen LogP contribution in [0.1, 0.15) is 21.1 Å². The molecular weight excluding hydrogens is 224 g/mol. The van der Waals surface area contributed by atoms with E-state index in [1.165, 1.54) is 17.7 Å². The number of aromatic nitrogens is 3. The van der Waals surface area contributed by atoms with E-state index in [9.17, 15) is 4.79 Å². The molecule has 0 aromatic carbocycles. The van der Waals surface area contributed by atoms with Crippen LogP contribution in [0.5, 0.6) is 0 Å². The molecule has 16 heavy (non-hydrogen) atoms. The average molecular weight is 236 g/mol. The summed E-state index contributed by atoms with van der Waals surface area (Å²) in [4.78, 5) is 18.4.